The van der Waals surface area contributed by atoms with E-state index in [1.165, 1.54) is 24.3 Å². The molecule has 152 valence electrons. The Balaban J connectivity index is 0.00000392. The van der Waals surface area contributed by atoms with E-state index in [1.54, 1.807) is 6.07 Å². The summed E-state index contributed by atoms with van der Waals surface area (Å²) in [7, 11) is -9.26. The molecule has 0 unspecified atom stereocenters. The van der Waals surface area contributed by atoms with Gasteiger partial charge in [-0.25, -0.2) is 8.42 Å². The van der Waals surface area contributed by atoms with Crippen LogP contribution in [0.2, 0.25) is 0 Å². The van der Waals surface area contributed by atoms with Crippen LogP contribution >= 0.6 is 12.4 Å². The van der Waals surface area contributed by atoms with Crippen LogP contribution in [0.1, 0.15) is 13.8 Å². The van der Waals surface area contributed by atoms with Crippen LogP contribution in [0.5, 0.6) is 0 Å². The molecule has 0 radical (unpaired) electrons. The molecule has 0 aliphatic rings. The first-order valence-electron chi connectivity index (χ1n) is 7.44. The predicted molar refractivity (Wildman–Crippen MR) is 104 cm³/mol. The molecular formula is C16H17ClN2O7S2. The Morgan fingerprint density at radius 2 is 1.39 bits per heavy atom. The van der Waals surface area contributed by atoms with Gasteiger partial charge >= 0.3 is 0 Å². The summed E-state index contributed by atoms with van der Waals surface area (Å²) in [5.41, 5.74) is -0.900. The first-order valence-corrected chi connectivity index (χ1v) is 10.4. The van der Waals surface area contributed by atoms with Gasteiger partial charge in [0.2, 0.25) is 21.7 Å². The lowest BCUT2D eigenvalue weighted by atomic mass is 10.2. The van der Waals surface area contributed by atoms with Crippen LogP contribution in [-0.2, 0) is 29.5 Å². The first-order chi connectivity index (χ1) is 12.4. The Morgan fingerprint density at radius 3 is 1.86 bits per heavy atom. The van der Waals surface area contributed by atoms with Gasteiger partial charge in [-0.15, -0.1) is 12.4 Å². The number of sulfone groups is 1. The molecule has 0 aliphatic carbocycles. The molecule has 2 rings (SSSR count). The zero-order valence-corrected chi connectivity index (χ0v) is 17.1. The fourth-order valence-corrected chi connectivity index (χ4v) is 4.66. The second-order valence-electron chi connectivity index (χ2n) is 5.47. The number of hydrogen-bond donors (Lipinski definition) is 3. The summed E-state index contributed by atoms with van der Waals surface area (Å²) in [4.78, 5) is 21.4. The van der Waals surface area contributed by atoms with Gasteiger partial charge in [0.1, 0.15) is 9.79 Å². The van der Waals surface area contributed by atoms with Gasteiger partial charge in [0.15, 0.2) is 0 Å². The van der Waals surface area contributed by atoms with Crippen molar-refractivity contribution in [2.75, 3.05) is 10.6 Å². The maximum atomic E-state index is 13.1. The summed E-state index contributed by atoms with van der Waals surface area (Å²) in [6.07, 6.45) is 0. The smallest absolute Gasteiger partial charge is 0.296 e. The average Bonchev–Trinajstić information content (AvgIpc) is 2.53. The summed E-state index contributed by atoms with van der Waals surface area (Å²) in [5, 5.41) is 4.43. The normalized spacial score (nSPS) is 11.2. The van der Waals surface area contributed by atoms with E-state index in [9.17, 15) is 31.0 Å². The Kier molecular flexibility index (Phi) is 7.32. The molecule has 0 fully saturated rings. The van der Waals surface area contributed by atoms with Crippen LogP contribution < -0.4 is 10.6 Å². The number of anilines is 2. The quantitative estimate of drug-likeness (QED) is 0.593. The molecule has 0 atom stereocenters. The van der Waals surface area contributed by atoms with E-state index < -0.39 is 47.2 Å². The van der Waals surface area contributed by atoms with Crippen molar-refractivity contribution < 1.29 is 31.0 Å². The van der Waals surface area contributed by atoms with Gasteiger partial charge in [-0.2, -0.15) is 8.42 Å². The highest BCUT2D eigenvalue weighted by Crippen LogP contribution is 2.38. The van der Waals surface area contributed by atoms with Crippen molar-refractivity contribution >= 4 is 55.6 Å². The minimum absolute atomic E-state index is 0. The van der Waals surface area contributed by atoms with Gasteiger partial charge in [-0.3, -0.25) is 14.1 Å². The van der Waals surface area contributed by atoms with Crippen molar-refractivity contribution in [3.8, 4) is 0 Å². The summed E-state index contributed by atoms with van der Waals surface area (Å²) in [5.74, 6) is -1.39. The molecule has 0 spiro atoms. The highest BCUT2D eigenvalue weighted by molar-refractivity contribution is 7.92. The summed E-state index contributed by atoms with van der Waals surface area (Å²) in [6, 6.07) is 8.93. The number of hydrogen-bond acceptors (Lipinski definition) is 6. The number of rotatable bonds is 5. The van der Waals surface area contributed by atoms with Gasteiger partial charge in [-0.1, -0.05) is 18.2 Å². The van der Waals surface area contributed by atoms with Crippen LogP contribution in [0.3, 0.4) is 0 Å². The fraction of sp³-hybridized carbons (Fsp3) is 0.125. The Hall–Kier alpha value is -2.47. The Bertz CT molecular complexity index is 1120. The largest absolute Gasteiger partial charge is 0.325 e. The van der Waals surface area contributed by atoms with Gasteiger partial charge < -0.3 is 10.6 Å². The minimum atomic E-state index is -4.88. The SMILES string of the molecule is CC(=O)Nc1ccc(S(=O)(=O)O)c(NC(C)=O)c1S(=O)(=O)c1ccccc1.Cl. The van der Waals surface area contributed by atoms with Crippen LogP contribution in [0.25, 0.3) is 0 Å². The zero-order valence-electron chi connectivity index (χ0n) is 14.7. The topological polar surface area (TPSA) is 147 Å². The van der Waals surface area contributed by atoms with Crippen molar-refractivity contribution in [2.45, 2.75) is 28.5 Å². The molecule has 0 aliphatic heterocycles. The molecule has 9 nitrogen and oxygen atoms in total. The molecule has 2 amide bonds. The van der Waals surface area contributed by atoms with Crippen LogP contribution in [-0.4, -0.2) is 33.2 Å². The van der Waals surface area contributed by atoms with Gasteiger partial charge in [0.05, 0.1) is 16.3 Å². The number of benzene rings is 2. The van der Waals surface area contributed by atoms with Gasteiger partial charge in [-0.05, 0) is 24.3 Å². The first kappa shape index (κ1) is 23.6. The highest BCUT2D eigenvalue weighted by atomic mass is 35.5. The number of carbonyl (C=O) groups is 2. The van der Waals surface area contributed by atoms with E-state index in [0.717, 1.165) is 26.0 Å². The summed E-state index contributed by atoms with van der Waals surface area (Å²) in [6.45, 7) is 2.17. The van der Waals surface area contributed by atoms with E-state index in [1.807, 2.05) is 0 Å². The molecule has 0 bridgehead atoms. The van der Waals surface area contributed by atoms with Crippen molar-refractivity contribution in [2.24, 2.45) is 0 Å². The molecule has 0 heterocycles. The third kappa shape index (κ3) is 5.07. The zero-order chi connectivity index (χ0) is 20.4. The summed E-state index contributed by atoms with van der Waals surface area (Å²) < 4.78 is 59.1. The van der Waals surface area contributed by atoms with Gasteiger partial charge in [0, 0.05) is 13.8 Å². The molecule has 3 N–H and O–H groups in total. The third-order valence-electron chi connectivity index (χ3n) is 3.33. The van der Waals surface area contributed by atoms with Crippen LogP contribution in [0.15, 0.2) is 57.2 Å². The number of amides is 2. The molecule has 2 aromatic carbocycles. The maximum absolute atomic E-state index is 13.1. The lowest BCUT2D eigenvalue weighted by molar-refractivity contribution is -0.115. The molecule has 0 aromatic heterocycles. The monoisotopic (exact) mass is 448 g/mol. The molecule has 28 heavy (non-hydrogen) atoms. The van der Waals surface area contributed by atoms with E-state index >= 15 is 0 Å². The maximum Gasteiger partial charge on any atom is 0.296 e. The number of carbonyl (C=O) groups excluding carboxylic acids is 2. The fourth-order valence-electron chi connectivity index (χ4n) is 2.36. The van der Waals surface area contributed by atoms with Crippen molar-refractivity contribution in [3.63, 3.8) is 0 Å². The molecule has 12 heteroatoms. The lowest BCUT2D eigenvalue weighted by Crippen LogP contribution is -2.18. The Labute approximate surface area is 168 Å². The second-order valence-corrected chi connectivity index (χ2v) is 8.75. The molecule has 2 aromatic rings. The standard InChI is InChI=1S/C16H16N2O7S2.ClH/c1-10(19)17-13-8-9-14(27(23,24)25)15(18-11(2)20)16(13)26(21,22)12-6-4-3-5-7-12;/h3-9H,1-2H3,(H,17,19)(H,18,20)(H,23,24,25);1H. The predicted octanol–water partition coefficient (Wildman–Crippen LogP) is 2.10. The van der Waals surface area contributed by atoms with Gasteiger partial charge in [0.25, 0.3) is 10.1 Å². The van der Waals surface area contributed by atoms with Crippen molar-refractivity contribution in [3.05, 3.63) is 42.5 Å². The van der Waals surface area contributed by atoms with E-state index in [4.69, 9.17) is 0 Å². The highest BCUT2D eigenvalue weighted by Gasteiger charge is 2.31. The van der Waals surface area contributed by atoms with Crippen LogP contribution in [0, 0.1) is 0 Å². The summed E-state index contributed by atoms with van der Waals surface area (Å²) >= 11 is 0. The van der Waals surface area contributed by atoms with E-state index in [2.05, 4.69) is 10.6 Å². The van der Waals surface area contributed by atoms with Crippen LogP contribution in [0.4, 0.5) is 11.4 Å². The third-order valence-corrected chi connectivity index (χ3v) is 6.08. The molecule has 0 saturated carbocycles. The minimum Gasteiger partial charge on any atom is -0.325 e. The second kappa shape index (κ2) is 8.69. The van der Waals surface area contributed by atoms with E-state index in [-0.39, 0.29) is 23.0 Å². The van der Waals surface area contributed by atoms with Crippen molar-refractivity contribution in [1.82, 2.24) is 0 Å². The number of nitrogens with one attached hydrogen (secondary N) is 2. The van der Waals surface area contributed by atoms with E-state index in [0.29, 0.717) is 0 Å². The average molecular weight is 449 g/mol. The lowest BCUT2D eigenvalue weighted by Gasteiger charge is -2.18. The molecule has 0 saturated heterocycles. The number of halogens is 1. The molecular weight excluding hydrogens is 432 g/mol. The van der Waals surface area contributed by atoms with Crippen molar-refractivity contribution in [1.29, 1.82) is 0 Å². The Morgan fingerprint density at radius 1 is 0.857 bits per heavy atom.